The van der Waals surface area contributed by atoms with E-state index in [2.05, 4.69) is 21.9 Å². The number of aromatic nitrogens is 3. The fourth-order valence-electron chi connectivity index (χ4n) is 2.51. The van der Waals surface area contributed by atoms with Crippen LogP contribution in [0.4, 0.5) is 5.82 Å². The van der Waals surface area contributed by atoms with Crippen LogP contribution in [0.2, 0.25) is 0 Å². The summed E-state index contributed by atoms with van der Waals surface area (Å²) in [5.74, 6) is 0.678. The third-order valence-corrected chi connectivity index (χ3v) is 3.72. The largest absolute Gasteiger partial charge is 0.477 e. The van der Waals surface area contributed by atoms with Crippen molar-refractivity contribution in [2.45, 2.75) is 19.8 Å². The molecule has 100 valence electrons. The maximum absolute atomic E-state index is 11.1. The van der Waals surface area contributed by atoms with E-state index in [0.717, 1.165) is 37.7 Å². The molecule has 0 saturated carbocycles. The molecule has 0 atom stereocenters. The van der Waals surface area contributed by atoms with Crippen molar-refractivity contribution in [3.05, 3.63) is 24.0 Å². The van der Waals surface area contributed by atoms with E-state index in [1.165, 1.54) is 6.20 Å². The Morgan fingerprint density at radius 3 is 2.84 bits per heavy atom. The normalized spacial score (nSPS) is 17.0. The molecule has 0 aliphatic carbocycles. The Bertz CT molecular complexity index is 614. The molecule has 2 aromatic rings. The van der Waals surface area contributed by atoms with Crippen LogP contribution in [0.5, 0.6) is 0 Å². The lowest BCUT2D eigenvalue weighted by Gasteiger charge is -2.31. The number of piperidine rings is 1. The lowest BCUT2D eigenvalue weighted by Crippen LogP contribution is -2.34. The molecular formula is C13H16N4O2. The summed E-state index contributed by atoms with van der Waals surface area (Å²) in [7, 11) is 0. The Balaban J connectivity index is 2.02. The molecule has 0 amide bonds. The topological polar surface area (TPSA) is 70.7 Å². The fraction of sp³-hybridized carbons (Fsp3) is 0.462. The maximum atomic E-state index is 11.1. The number of carbonyl (C=O) groups is 1. The minimum absolute atomic E-state index is 0.146. The fourth-order valence-corrected chi connectivity index (χ4v) is 2.51. The summed E-state index contributed by atoms with van der Waals surface area (Å²) in [5, 5.41) is 13.3. The van der Waals surface area contributed by atoms with E-state index >= 15 is 0 Å². The average Bonchev–Trinajstić information content (AvgIpc) is 2.83. The molecule has 19 heavy (non-hydrogen) atoms. The van der Waals surface area contributed by atoms with Gasteiger partial charge in [0.25, 0.3) is 0 Å². The zero-order chi connectivity index (χ0) is 13.4. The Kier molecular flexibility index (Phi) is 2.85. The molecule has 3 heterocycles. The third kappa shape index (κ3) is 2.03. The van der Waals surface area contributed by atoms with Gasteiger partial charge in [0.1, 0.15) is 11.4 Å². The zero-order valence-corrected chi connectivity index (χ0v) is 10.8. The highest BCUT2D eigenvalue weighted by atomic mass is 16.4. The van der Waals surface area contributed by atoms with Crippen molar-refractivity contribution in [1.82, 2.24) is 14.6 Å². The van der Waals surface area contributed by atoms with Crippen LogP contribution in [0.1, 0.15) is 30.1 Å². The number of carboxylic acids is 1. The van der Waals surface area contributed by atoms with Crippen molar-refractivity contribution in [2.75, 3.05) is 18.0 Å². The van der Waals surface area contributed by atoms with Crippen LogP contribution >= 0.6 is 0 Å². The van der Waals surface area contributed by atoms with E-state index in [4.69, 9.17) is 5.11 Å². The third-order valence-electron chi connectivity index (χ3n) is 3.72. The van der Waals surface area contributed by atoms with Gasteiger partial charge in [0.15, 0.2) is 5.65 Å². The molecule has 1 N–H and O–H groups in total. The van der Waals surface area contributed by atoms with Crippen molar-refractivity contribution >= 4 is 17.4 Å². The summed E-state index contributed by atoms with van der Waals surface area (Å²) in [6.45, 7) is 4.21. The highest BCUT2D eigenvalue weighted by molar-refractivity contribution is 5.94. The van der Waals surface area contributed by atoms with Crippen LogP contribution in [-0.2, 0) is 0 Å². The first-order chi connectivity index (χ1) is 9.16. The van der Waals surface area contributed by atoms with Crippen LogP contribution in [0.3, 0.4) is 0 Å². The van der Waals surface area contributed by atoms with Crippen LogP contribution in [-0.4, -0.2) is 38.8 Å². The van der Waals surface area contributed by atoms with Crippen molar-refractivity contribution in [3.8, 4) is 0 Å². The molecule has 0 radical (unpaired) electrons. The smallest absolute Gasteiger partial charge is 0.341 e. The van der Waals surface area contributed by atoms with Gasteiger partial charge in [0, 0.05) is 19.3 Å². The molecule has 0 unspecified atom stereocenters. The Hall–Kier alpha value is -2.11. The van der Waals surface area contributed by atoms with Crippen LogP contribution in [0, 0.1) is 5.92 Å². The number of aromatic carboxylic acids is 1. The molecule has 0 aromatic carbocycles. The van der Waals surface area contributed by atoms with Gasteiger partial charge in [-0.25, -0.2) is 9.78 Å². The Labute approximate surface area is 110 Å². The molecule has 2 aromatic heterocycles. The van der Waals surface area contributed by atoms with Gasteiger partial charge in [0.2, 0.25) is 0 Å². The molecule has 3 rings (SSSR count). The van der Waals surface area contributed by atoms with Crippen LogP contribution in [0.15, 0.2) is 18.5 Å². The first-order valence-corrected chi connectivity index (χ1v) is 6.48. The molecule has 1 fully saturated rings. The lowest BCUT2D eigenvalue weighted by molar-refractivity contribution is 0.0699. The number of rotatable bonds is 2. The summed E-state index contributed by atoms with van der Waals surface area (Å²) in [6, 6.07) is 1.89. The molecule has 0 bridgehead atoms. The lowest BCUT2D eigenvalue weighted by atomic mass is 9.99. The number of nitrogens with zero attached hydrogens (tertiary/aromatic N) is 4. The number of anilines is 1. The Morgan fingerprint density at radius 2 is 2.16 bits per heavy atom. The first-order valence-electron chi connectivity index (χ1n) is 6.48. The highest BCUT2D eigenvalue weighted by Crippen LogP contribution is 2.23. The minimum Gasteiger partial charge on any atom is -0.477 e. The number of fused-ring (bicyclic) bond motifs is 1. The second-order valence-corrected chi connectivity index (χ2v) is 5.07. The van der Waals surface area contributed by atoms with Gasteiger partial charge in [-0.3, -0.25) is 0 Å². The summed E-state index contributed by atoms with van der Waals surface area (Å²) < 4.78 is 1.62. The van der Waals surface area contributed by atoms with Gasteiger partial charge in [0.05, 0.1) is 6.20 Å². The van der Waals surface area contributed by atoms with E-state index in [-0.39, 0.29) is 5.56 Å². The SMILES string of the molecule is CC1CCN(c2ccnc3c(C(=O)O)cnn23)CC1. The van der Waals surface area contributed by atoms with Gasteiger partial charge in [-0.05, 0) is 24.8 Å². The molecule has 6 heteroatoms. The van der Waals surface area contributed by atoms with Crippen molar-refractivity contribution in [3.63, 3.8) is 0 Å². The first kappa shape index (κ1) is 12.0. The monoisotopic (exact) mass is 260 g/mol. The molecule has 1 aliphatic rings. The Morgan fingerprint density at radius 1 is 1.42 bits per heavy atom. The van der Waals surface area contributed by atoms with Gasteiger partial charge >= 0.3 is 5.97 Å². The second kappa shape index (κ2) is 4.53. The van der Waals surface area contributed by atoms with E-state index < -0.39 is 5.97 Å². The number of hydrogen-bond acceptors (Lipinski definition) is 4. The van der Waals surface area contributed by atoms with E-state index in [0.29, 0.717) is 5.65 Å². The second-order valence-electron chi connectivity index (χ2n) is 5.07. The molecule has 0 spiro atoms. The van der Waals surface area contributed by atoms with Gasteiger partial charge in [-0.2, -0.15) is 9.61 Å². The van der Waals surface area contributed by atoms with Gasteiger partial charge in [-0.1, -0.05) is 6.92 Å². The number of hydrogen-bond donors (Lipinski definition) is 1. The quantitative estimate of drug-likeness (QED) is 0.889. The molecular weight excluding hydrogens is 244 g/mol. The molecule has 6 nitrogen and oxygen atoms in total. The summed E-state index contributed by atoms with van der Waals surface area (Å²) in [5.41, 5.74) is 0.552. The predicted octanol–water partition coefficient (Wildman–Crippen LogP) is 1.66. The molecule has 1 saturated heterocycles. The maximum Gasteiger partial charge on any atom is 0.341 e. The van der Waals surface area contributed by atoms with E-state index in [1.807, 2.05) is 6.07 Å². The standard InChI is InChI=1S/C13H16N4O2/c1-9-3-6-16(7-4-9)11-2-5-14-12-10(13(18)19)8-15-17(11)12/h2,5,8-9H,3-4,6-7H2,1H3,(H,18,19). The van der Waals surface area contributed by atoms with Gasteiger partial charge < -0.3 is 10.0 Å². The summed E-state index contributed by atoms with van der Waals surface area (Å²) in [6.07, 6.45) is 5.31. The summed E-state index contributed by atoms with van der Waals surface area (Å²) >= 11 is 0. The highest BCUT2D eigenvalue weighted by Gasteiger charge is 2.20. The average molecular weight is 260 g/mol. The van der Waals surface area contributed by atoms with Gasteiger partial charge in [-0.15, -0.1) is 0 Å². The summed E-state index contributed by atoms with van der Waals surface area (Å²) in [4.78, 5) is 17.5. The van der Waals surface area contributed by atoms with Crippen LogP contribution in [0.25, 0.3) is 5.65 Å². The van der Waals surface area contributed by atoms with E-state index in [1.54, 1.807) is 10.7 Å². The van der Waals surface area contributed by atoms with Crippen molar-refractivity contribution in [2.24, 2.45) is 5.92 Å². The van der Waals surface area contributed by atoms with Crippen molar-refractivity contribution in [1.29, 1.82) is 0 Å². The van der Waals surface area contributed by atoms with Crippen LogP contribution < -0.4 is 4.90 Å². The van der Waals surface area contributed by atoms with Crippen molar-refractivity contribution < 1.29 is 9.90 Å². The zero-order valence-electron chi connectivity index (χ0n) is 10.8. The van der Waals surface area contributed by atoms with E-state index in [9.17, 15) is 4.79 Å². The minimum atomic E-state index is -0.994. The molecule has 1 aliphatic heterocycles. The number of carboxylic acid groups (broad SMARTS) is 1. The predicted molar refractivity (Wildman–Crippen MR) is 70.6 cm³/mol.